The molecule has 0 radical (unpaired) electrons. The maximum Gasteiger partial charge on any atom is 0.0702 e. The van der Waals surface area contributed by atoms with E-state index in [1.807, 2.05) is 49.5 Å². The zero-order chi connectivity index (χ0) is 14.7. The molecular weight excluding hydrogens is 293 g/mol. The molecule has 0 saturated carbocycles. The predicted molar refractivity (Wildman–Crippen MR) is 85.6 cm³/mol. The highest BCUT2D eigenvalue weighted by Gasteiger charge is 2.17. The third-order valence-corrected chi connectivity index (χ3v) is 4.08. The van der Waals surface area contributed by atoms with Crippen LogP contribution < -0.4 is 4.90 Å². The Morgan fingerprint density at radius 2 is 1.75 bits per heavy atom. The van der Waals surface area contributed by atoms with Crippen LogP contribution in [0.3, 0.4) is 0 Å². The quantitative estimate of drug-likeness (QED) is 0.886. The zero-order valence-corrected chi connectivity index (χ0v) is 13.0. The number of anilines is 1. The van der Waals surface area contributed by atoms with Crippen molar-refractivity contribution in [3.05, 3.63) is 63.6 Å². The van der Waals surface area contributed by atoms with Crippen LogP contribution in [0.5, 0.6) is 0 Å². The Kier molecular flexibility index (Phi) is 4.92. The number of nitrogens with zero attached hydrogens (tertiary/aromatic N) is 1. The van der Waals surface area contributed by atoms with Gasteiger partial charge >= 0.3 is 0 Å². The molecule has 0 bridgehead atoms. The van der Waals surface area contributed by atoms with Gasteiger partial charge in [0.05, 0.1) is 23.4 Å². The number of benzene rings is 2. The maximum absolute atomic E-state index is 9.48. The summed E-state index contributed by atoms with van der Waals surface area (Å²) in [6.07, 6.45) is 0. The van der Waals surface area contributed by atoms with Gasteiger partial charge in [-0.2, -0.15) is 0 Å². The van der Waals surface area contributed by atoms with Crippen molar-refractivity contribution in [2.75, 3.05) is 11.9 Å². The molecule has 0 aromatic heterocycles. The van der Waals surface area contributed by atoms with E-state index in [-0.39, 0.29) is 12.6 Å². The second kappa shape index (κ2) is 6.49. The summed E-state index contributed by atoms with van der Waals surface area (Å²) in [5.41, 5.74) is 2.82. The number of aliphatic hydroxyl groups excluding tert-OH is 1. The lowest BCUT2D eigenvalue weighted by Gasteiger charge is -2.30. The van der Waals surface area contributed by atoms with E-state index in [1.165, 1.54) is 0 Å². The summed E-state index contributed by atoms with van der Waals surface area (Å²) in [5, 5.41) is 10.8. The number of para-hydroxylation sites is 1. The molecule has 4 heteroatoms. The van der Waals surface area contributed by atoms with Crippen molar-refractivity contribution in [3.63, 3.8) is 0 Å². The molecule has 0 saturated heterocycles. The highest BCUT2D eigenvalue weighted by Crippen LogP contribution is 2.34. The van der Waals surface area contributed by atoms with E-state index in [0.29, 0.717) is 5.02 Å². The Morgan fingerprint density at radius 3 is 2.35 bits per heavy atom. The third kappa shape index (κ3) is 3.09. The van der Waals surface area contributed by atoms with Gasteiger partial charge in [0.2, 0.25) is 0 Å². The van der Waals surface area contributed by atoms with Crippen LogP contribution in [0.2, 0.25) is 10.0 Å². The van der Waals surface area contributed by atoms with Crippen molar-refractivity contribution in [2.24, 2.45) is 0 Å². The Hall–Kier alpha value is -1.22. The first-order valence-electron chi connectivity index (χ1n) is 6.41. The fourth-order valence-electron chi connectivity index (χ4n) is 2.24. The van der Waals surface area contributed by atoms with E-state index in [4.69, 9.17) is 23.2 Å². The standard InChI is InChI=1S/C16H17Cl2NO/c1-11(12-6-8-14(17)9-7-12)19(2)16-13(10-20)4-3-5-15(16)18/h3-9,11,20H,10H2,1-2H3. The molecule has 106 valence electrons. The Bertz CT molecular complexity index is 584. The van der Waals surface area contributed by atoms with Crippen LogP contribution in [0.1, 0.15) is 24.1 Å². The van der Waals surface area contributed by atoms with Crippen molar-refractivity contribution in [1.82, 2.24) is 0 Å². The SMILES string of the molecule is CC(c1ccc(Cl)cc1)N(C)c1c(Cl)cccc1CO. The summed E-state index contributed by atoms with van der Waals surface area (Å²) in [4.78, 5) is 2.07. The van der Waals surface area contributed by atoms with Crippen LogP contribution >= 0.6 is 23.2 Å². The molecule has 1 atom stereocenters. The van der Waals surface area contributed by atoms with E-state index in [2.05, 4.69) is 11.8 Å². The minimum atomic E-state index is -0.0342. The number of aliphatic hydroxyl groups is 1. The Labute approximate surface area is 129 Å². The summed E-state index contributed by atoms with van der Waals surface area (Å²) in [7, 11) is 1.97. The van der Waals surface area contributed by atoms with E-state index < -0.39 is 0 Å². The fourth-order valence-corrected chi connectivity index (χ4v) is 2.69. The minimum absolute atomic E-state index is 0.0342. The van der Waals surface area contributed by atoms with Crippen molar-refractivity contribution >= 4 is 28.9 Å². The number of hydrogen-bond acceptors (Lipinski definition) is 2. The van der Waals surface area contributed by atoms with Crippen LogP contribution in [0.25, 0.3) is 0 Å². The van der Waals surface area contributed by atoms with Crippen molar-refractivity contribution < 1.29 is 5.11 Å². The van der Waals surface area contributed by atoms with E-state index in [0.717, 1.165) is 21.8 Å². The van der Waals surface area contributed by atoms with E-state index in [1.54, 1.807) is 0 Å². The van der Waals surface area contributed by atoms with Gasteiger partial charge in [0.15, 0.2) is 0 Å². The molecule has 2 aromatic carbocycles. The molecule has 2 rings (SSSR count). The van der Waals surface area contributed by atoms with E-state index in [9.17, 15) is 5.11 Å². The van der Waals surface area contributed by atoms with E-state index >= 15 is 0 Å². The van der Waals surface area contributed by atoms with Gasteiger partial charge in [0.1, 0.15) is 0 Å². The minimum Gasteiger partial charge on any atom is -0.392 e. The smallest absolute Gasteiger partial charge is 0.0702 e. The highest BCUT2D eigenvalue weighted by atomic mass is 35.5. The van der Waals surface area contributed by atoms with Gasteiger partial charge in [0.25, 0.3) is 0 Å². The summed E-state index contributed by atoms with van der Waals surface area (Å²) < 4.78 is 0. The van der Waals surface area contributed by atoms with Crippen LogP contribution in [0, 0.1) is 0 Å². The van der Waals surface area contributed by atoms with Gasteiger partial charge in [0, 0.05) is 17.6 Å². The Morgan fingerprint density at radius 1 is 1.10 bits per heavy atom. The average molecular weight is 310 g/mol. The molecule has 0 aliphatic heterocycles. The molecule has 0 spiro atoms. The molecule has 20 heavy (non-hydrogen) atoms. The largest absolute Gasteiger partial charge is 0.392 e. The third-order valence-electron chi connectivity index (χ3n) is 3.53. The molecule has 0 aliphatic rings. The summed E-state index contributed by atoms with van der Waals surface area (Å²) in [5.74, 6) is 0. The molecule has 2 aromatic rings. The molecule has 0 aliphatic carbocycles. The van der Waals surface area contributed by atoms with Gasteiger partial charge in [-0.25, -0.2) is 0 Å². The topological polar surface area (TPSA) is 23.5 Å². The summed E-state index contributed by atoms with van der Waals surface area (Å²) >= 11 is 12.2. The molecule has 0 amide bonds. The molecule has 0 fully saturated rings. The Balaban J connectivity index is 2.35. The van der Waals surface area contributed by atoms with Gasteiger partial charge in [-0.1, -0.05) is 47.5 Å². The molecule has 1 N–H and O–H groups in total. The van der Waals surface area contributed by atoms with Crippen LogP contribution in [0.15, 0.2) is 42.5 Å². The first kappa shape index (κ1) is 15.2. The summed E-state index contributed by atoms with van der Waals surface area (Å²) in [6, 6.07) is 13.4. The molecular formula is C16H17Cl2NO. The lowest BCUT2D eigenvalue weighted by molar-refractivity contribution is 0.282. The fraction of sp³-hybridized carbons (Fsp3) is 0.250. The zero-order valence-electron chi connectivity index (χ0n) is 11.5. The van der Waals surface area contributed by atoms with Crippen molar-refractivity contribution in [2.45, 2.75) is 19.6 Å². The first-order valence-corrected chi connectivity index (χ1v) is 7.16. The van der Waals surface area contributed by atoms with Gasteiger partial charge in [-0.05, 0) is 30.7 Å². The van der Waals surface area contributed by atoms with Crippen molar-refractivity contribution in [3.8, 4) is 0 Å². The van der Waals surface area contributed by atoms with Gasteiger partial charge in [-0.3, -0.25) is 0 Å². The average Bonchev–Trinajstić information content (AvgIpc) is 2.46. The predicted octanol–water partition coefficient (Wildman–Crippen LogP) is 4.68. The molecule has 2 nitrogen and oxygen atoms in total. The normalized spacial score (nSPS) is 12.2. The lowest BCUT2D eigenvalue weighted by atomic mass is 10.1. The van der Waals surface area contributed by atoms with Crippen LogP contribution in [-0.4, -0.2) is 12.2 Å². The van der Waals surface area contributed by atoms with Gasteiger partial charge in [-0.15, -0.1) is 0 Å². The summed E-state index contributed by atoms with van der Waals surface area (Å²) in [6.45, 7) is 2.06. The number of halogens is 2. The second-order valence-corrected chi connectivity index (χ2v) is 5.59. The van der Waals surface area contributed by atoms with Crippen LogP contribution in [0.4, 0.5) is 5.69 Å². The lowest BCUT2D eigenvalue weighted by Crippen LogP contribution is -2.23. The highest BCUT2D eigenvalue weighted by molar-refractivity contribution is 6.33. The first-order chi connectivity index (χ1) is 9.54. The number of rotatable bonds is 4. The second-order valence-electron chi connectivity index (χ2n) is 4.74. The monoisotopic (exact) mass is 309 g/mol. The van der Waals surface area contributed by atoms with Crippen LogP contribution in [-0.2, 0) is 6.61 Å². The van der Waals surface area contributed by atoms with Crippen molar-refractivity contribution in [1.29, 1.82) is 0 Å². The number of hydrogen-bond donors (Lipinski definition) is 1. The maximum atomic E-state index is 9.48. The molecule has 0 heterocycles. The molecule has 1 unspecified atom stereocenters. The van der Waals surface area contributed by atoms with Gasteiger partial charge < -0.3 is 10.0 Å².